The van der Waals surface area contributed by atoms with Crippen LogP contribution in [0.25, 0.3) is 23.1 Å². The van der Waals surface area contributed by atoms with Crippen molar-refractivity contribution < 1.29 is 72.5 Å². The zero-order valence-corrected chi connectivity index (χ0v) is 68.7. The second-order valence-corrected chi connectivity index (χ2v) is 31.8. The quantitative estimate of drug-likeness (QED) is 0.0142. The Bertz CT molecular complexity index is 4190. The molecule has 0 unspecified atom stereocenters. The van der Waals surface area contributed by atoms with E-state index in [-0.39, 0.29) is 109 Å². The Hall–Kier alpha value is -10.1. The topological polar surface area (TPSA) is 597 Å². The zero-order chi connectivity index (χ0) is 85.7. The van der Waals surface area contributed by atoms with Gasteiger partial charge in [0.2, 0.25) is 65.0 Å². The number of nitrogens with one attached hydrogen (secondary N) is 12. The molecule has 1 saturated heterocycles. The van der Waals surface area contributed by atoms with Crippen molar-refractivity contribution in [3.8, 4) is 0 Å². The molecule has 0 radical (unpaired) electrons. The van der Waals surface area contributed by atoms with Crippen LogP contribution in [0.3, 0.4) is 0 Å². The molecular formula is C77H112N22O15S3. The van der Waals surface area contributed by atoms with Crippen LogP contribution in [0.1, 0.15) is 106 Å². The molecule has 117 heavy (non-hydrogen) atoms. The summed E-state index contributed by atoms with van der Waals surface area (Å²) in [5.41, 5.74) is 38.1. The van der Waals surface area contributed by atoms with Crippen LogP contribution in [0, 0.1) is 5.92 Å². The lowest BCUT2D eigenvalue weighted by atomic mass is 10.00. The molecule has 12 atom stereocenters. The number of pyridine rings is 1. The highest BCUT2D eigenvalue weighted by molar-refractivity contribution is 8.76. The fourth-order valence-corrected chi connectivity index (χ4v) is 15.0. The first-order chi connectivity index (χ1) is 56.1. The van der Waals surface area contributed by atoms with Gasteiger partial charge in [0.25, 0.3) is 5.91 Å². The van der Waals surface area contributed by atoms with Crippen LogP contribution in [0.2, 0.25) is 0 Å². The number of nitrogens with zero attached hydrogens (tertiary/aromatic N) is 4. The Labute approximate surface area is 691 Å². The van der Waals surface area contributed by atoms with E-state index >= 15 is 4.79 Å². The third kappa shape index (κ3) is 30.4. The van der Waals surface area contributed by atoms with Crippen molar-refractivity contribution in [1.82, 2.24) is 83.5 Å². The number of benzene rings is 3. The summed E-state index contributed by atoms with van der Waals surface area (Å²) in [6, 6.07) is 10.1. The van der Waals surface area contributed by atoms with E-state index in [4.69, 9.17) is 39.5 Å². The van der Waals surface area contributed by atoms with E-state index in [2.05, 4.69) is 68.8 Å². The molecule has 3 heterocycles. The molecule has 2 aromatic heterocycles. The van der Waals surface area contributed by atoms with Gasteiger partial charge < -0.3 is 113 Å². The number of amides is 13. The second-order valence-electron chi connectivity index (χ2n) is 28.0. The Morgan fingerprint density at radius 3 is 1.79 bits per heavy atom. The molecule has 0 aliphatic carbocycles. The number of hydrogen-bond acceptors (Lipinski definition) is 26. The fourth-order valence-electron chi connectivity index (χ4n) is 12.2. The number of nitrogens with two attached hydrogens (primary N) is 6. The summed E-state index contributed by atoms with van der Waals surface area (Å²) in [4.78, 5) is 193. The maximum absolute atomic E-state index is 15.1. The smallest absolute Gasteiger partial charge is 0.345 e. The lowest BCUT2D eigenvalue weighted by Gasteiger charge is -2.29. The number of fused-ring (bicyclic) bond motifs is 1. The highest BCUT2D eigenvalue weighted by atomic mass is 33.1. The van der Waals surface area contributed by atoms with E-state index in [1.165, 1.54) is 56.9 Å². The van der Waals surface area contributed by atoms with E-state index in [0.717, 1.165) is 6.92 Å². The highest BCUT2D eigenvalue weighted by Crippen LogP contribution is 2.34. The largest absolute Gasteiger partial charge is 0.391 e. The van der Waals surface area contributed by atoms with Gasteiger partial charge in [-0.25, -0.2) is 4.79 Å². The van der Waals surface area contributed by atoms with Crippen LogP contribution in [-0.4, -0.2) is 257 Å². The maximum Gasteiger partial charge on any atom is 0.345 e. The van der Waals surface area contributed by atoms with Crippen LogP contribution in [0.15, 0.2) is 107 Å². The summed E-state index contributed by atoms with van der Waals surface area (Å²) >= 11 is 1.30. The Morgan fingerprint density at radius 1 is 0.607 bits per heavy atom. The summed E-state index contributed by atoms with van der Waals surface area (Å²) in [5, 5.41) is 58.3. The van der Waals surface area contributed by atoms with Gasteiger partial charge in [-0.2, -0.15) is 9.78 Å². The molecule has 13 amide bonds. The van der Waals surface area contributed by atoms with Crippen LogP contribution >= 0.6 is 33.3 Å². The molecule has 1 aliphatic rings. The van der Waals surface area contributed by atoms with Gasteiger partial charge in [-0.05, 0) is 158 Å². The van der Waals surface area contributed by atoms with Gasteiger partial charge in [0.15, 0.2) is 0 Å². The summed E-state index contributed by atoms with van der Waals surface area (Å²) in [6.45, 7) is 4.66. The van der Waals surface area contributed by atoms with Crippen molar-refractivity contribution >= 4 is 133 Å². The minimum absolute atomic E-state index is 0.0167. The Balaban J connectivity index is 1.26. The maximum atomic E-state index is 15.1. The van der Waals surface area contributed by atoms with Crippen LogP contribution in [0.4, 0.5) is 4.79 Å². The highest BCUT2D eigenvalue weighted by Gasteiger charge is 2.38. The van der Waals surface area contributed by atoms with Crippen LogP contribution in [0.5, 0.6) is 0 Å². The van der Waals surface area contributed by atoms with Crippen molar-refractivity contribution in [3.63, 3.8) is 0 Å². The van der Waals surface area contributed by atoms with E-state index < -0.39 is 157 Å². The Morgan fingerprint density at radius 2 is 1.19 bits per heavy atom. The minimum Gasteiger partial charge on any atom is -0.391 e. The van der Waals surface area contributed by atoms with Gasteiger partial charge in [-0.15, -0.1) is 0 Å². The average Bonchev–Trinajstić information content (AvgIpc) is 1.63. The molecular weight excluding hydrogens is 1570 g/mol. The lowest BCUT2D eigenvalue weighted by molar-refractivity contribution is -0.137. The minimum atomic E-state index is -1.86. The number of hydrogen-bond donors (Lipinski definition) is 20. The number of aliphatic hydroxyl groups is 2. The van der Waals surface area contributed by atoms with Crippen molar-refractivity contribution in [2.45, 2.75) is 168 Å². The van der Waals surface area contributed by atoms with Gasteiger partial charge >= 0.3 is 6.03 Å². The monoisotopic (exact) mass is 1680 g/mol. The molecule has 0 bridgehead atoms. The van der Waals surface area contributed by atoms with Gasteiger partial charge in [-0.3, -0.25) is 62.5 Å². The van der Waals surface area contributed by atoms with Crippen molar-refractivity contribution in [2.24, 2.45) is 40.3 Å². The number of carbonyl (C=O) groups is 13. The molecule has 26 N–H and O–H groups in total. The van der Waals surface area contributed by atoms with Gasteiger partial charge in [0, 0.05) is 78.9 Å². The summed E-state index contributed by atoms with van der Waals surface area (Å²) in [5.74, 6) is -10.1. The van der Waals surface area contributed by atoms with Gasteiger partial charge in [0.1, 0.15) is 60.4 Å². The van der Waals surface area contributed by atoms with E-state index in [1.54, 1.807) is 105 Å². The third-order valence-corrected chi connectivity index (χ3v) is 21.8. The summed E-state index contributed by atoms with van der Waals surface area (Å²) in [7, 11) is 4.49. The Kier molecular flexibility index (Phi) is 40.7. The first kappa shape index (κ1) is 95.7. The molecule has 1 fully saturated rings. The normalized spacial score (nSPS) is 19.5. The molecule has 5 aromatic rings. The molecule has 1 aliphatic heterocycles. The molecule has 6 rings (SSSR count). The molecule has 0 saturated carbocycles. The van der Waals surface area contributed by atoms with Crippen LogP contribution in [-0.2, 0) is 59.2 Å². The predicted octanol–water partition coefficient (Wildman–Crippen LogP) is -2.72. The molecule has 3 aromatic carbocycles. The number of aromatic nitrogens is 3. The predicted molar refractivity (Wildman–Crippen MR) is 446 cm³/mol. The van der Waals surface area contributed by atoms with Crippen molar-refractivity contribution in [3.05, 3.63) is 120 Å². The van der Waals surface area contributed by atoms with E-state index in [1.807, 2.05) is 18.2 Å². The first-order valence-corrected chi connectivity index (χ1v) is 41.9. The molecule has 638 valence electrons. The number of carbonyl (C=O) groups excluding carboxylic acids is 13. The molecule has 0 spiro atoms. The van der Waals surface area contributed by atoms with E-state index in [9.17, 15) is 67.7 Å². The third-order valence-electron chi connectivity index (χ3n) is 18.4. The van der Waals surface area contributed by atoms with Gasteiger partial charge in [-0.1, -0.05) is 95.7 Å². The lowest BCUT2D eigenvalue weighted by Crippen LogP contribution is -2.62. The second kappa shape index (κ2) is 49.8. The molecule has 37 nitrogen and oxygen atoms in total. The van der Waals surface area contributed by atoms with Crippen molar-refractivity contribution in [2.75, 3.05) is 77.5 Å². The number of rotatable bonds is 37. The van der Waals surface area contributed by atoms with E-state index in [0.29, 0.717) is 61.3 Å². The first-order valence-electron chi connectivity index (χ1n) is 38.6. The molecule has 40 heteroatoms. The van der Waals surface area contributed by atoms with Crippen molar-refractivity contribution in [1.29, 1.82) is 0 Å². The zero-order valence-electron chi connectivity index (χ0n) is 66.2. The SMILES string of the molecule is CNC(=O)c1ccccc1Sc1ccc2c(/C=C/c3ccccn3)nn(C(=O)N(CCSSCCN)CCC(=O)N[C@@H](CCN)C(=O)N[C@H](C(=O)N[C@@H](CCN)C(=O)N[C@H]3CCNC(=O)[C@@H]([C@@H](C)O)NC(=O)[C@H](CCN)NC(=O)[C@H](CCN)NC(=O)[C@H](CC(C)C)NC(=O)[C@@H](Cc4ccccc4)NC(=O)[C@H](CCN)NC3=O)[C@@H](C)O)c2c1. The van der Waals surface area contributed by atoms with Crippen LogP contribution < -0.4 is 98.2 Å². The standard InChI is InChI=1S/C77H112N22O15S3/c1-44(2)41-59-73(110)90-54(23-30-79)67(104)89-57(26-33-82)72(109)95-64(45(3)100)75(112)86-36-27-58(70(107)88-55(24-31-80)69(106)94-60(74(111)93-59)42-47-13-7-6-8-14-47)91-68(105)56(25-32-81)92-76(113)65(46(4)101)96-71(108)53(22-29-78)87-63(102)28-37-98(38-40-116-115-39-34-83)77(114)99-61-43-49(117-62-17-10-9-16-51(62)66(103)84-5)19-20-50(61)52(97-99)21-18-48-15-11-12-35-85-48/h6-21,35,43-46,53-60,64-65,100-101H,22-34,36-42,78-83H2,1-5H3,(H,84,103)(H,86,112)(H,87,102)(H,88,107)(H,89,104)(H,90,110)(H,91,105)(H,92,113)(H,93,111)(H,94,106)(H,95,109)(H,96,108)/b21-18+/t45-,46-,53+,54+,55+,56+,57+,58+,59+,60-,64-,65+/m1/s1. The summed E-state index contributed by atoms with van der Waals surface area (Å²) in [6.07, 6.45) is -0.438. The summed E-state index contributed by atoms with van der Waals surface area (Å²) < 4.78 is 1.24. The fraction of sp³-hybridized carbons (Fsp3) is 0.494. The van der Waals surface area contributed by atoms with Gasteiger partial charge in [0.05, 0.1) is 34.7 Å². The average molecular weight is 1680 g/mol. The number of aliphatic hydroxyl groups excluding tert-OH is 2.